The minimum Gasteiger partial charge on any atom is -0.508 e. The third-order valence-corrected chi connectivity index (χ3v) is 7.71. The number of hydrogen-bond donors (Lipinski definition) is 3. The molecule has 2 fully saturated rings. The van der Waals surface area contributed by atoms with E-state index in [4.69, 9.17) is 0 Å². The Morgan fingerprint density at radius 3 is 2.54 bits per heavy atom. The summed E-state index contributed by atoms with van der Waals surface area (Å²) < 4.78 is 0. The lowest BCUT2D eigenvalue weighted by Crippen LogP contribution is -2.57. The number of phenols is 1. The van der Waals surface area contributed by atoms with Gasteiger partial charge in [-0.3, -0.25) is 14.4 Å². The summed E-state index contributed by atoms with van der Waals surface area (Å²) in [5.41, 5.74) is 3.68. The number of hydrogen-bond acceptors (Lipinski definition) is 6. The molecule has 2 aromatic rings. The maximum absolute atomic E-state index is 13.5. The number of rotatable bonds is 7. The predicted octanol–water partition coefficient (Wildman–Crippen LogP) is 3.37. The molecule has 2 aliphatic rings. The molecule has 3 amide bonds. The van der Waals surface area contributed by atoms with Gasteiger partial charge in [0.05, 0.1) is 16.1 Å². The Kier molecular flexibility index (Phi) is 7.17. The van der Waals surface area contributed by atoms with E-state index >= 15 is 0 Å². The average Bonchev–Trinajstić information content (AvgIpc) is 3.38. The van der Waals surface area contributed by atoms with Crippen LogP contribution < -0.4 is 10.6 Å². The normalized spacial score (nSPS) is 18.9. The van der Waals surface area contributed by atoms with Crippen molar-refractivity contribution >= 4 is 29.1 Å². The zero-order chi connectivity index (χ0) is 25.3. The molecule has 0 bridgehead atoms. The molecule has 1 aromatic carbocycles. The van der Waals surface area contributed by atoms with E-state index in [9.17, 15) is 19.5 Å². The molecule has 1 aromatic heterocycles. The molecule has 4 rings (SSSR count). The third kappa shape index (κ3) is 5.66. The van der Waals surface area contributed by atoms with Gasteiger partial charge < -0.3 is 20.6 Å². The van der Waals surface area contributed by atoms with Crippen LogP contribution in [0.25, 0.3) is 10.4 Å². The summed E-state index contributed by atoms with van der Waals surface area (Å²) in [4.78, 5) is 45.8. The van der Waals surface area contributed by atoms with Crippen molar-refractivity contribution < 1.29 is 19.5 Å². The molecule has 3 N–H and O–H groups in total. The van der Waals surface area contributed by atoms with E-state index in [2.05, 4.69) is 15.6 Å². The van der Waals surface area contributed by atoms with Gasteiger partial charge in [0.2, 0.25) is 17.7 Å². The van der Waals surface area contributed by atoms with E-state index in [0.29, 0.717) is 18.5 Å². The first-order valence-electron chi connectivity index (χ1n) is 12.2. The first-order chi connectivity index (χ1) is 16.6. The summed E-state index contributed by atoms with van der Waals surface area (Å²) in [5, 5.41) is 16.4. The van der Waals surface area contributed by atoms with Crippen LogP contribution in [-0.2, 0) is 20.9 Å². The molecule has 9 heteroatoms. The maximum Gasteiger partial charge on any atom is 0.246 e. The molecule has 1 aliphatic carbocycles. The lowest BCUT2D eigenvalue weighted by Gasteiger charge is -2.35. The Bertz CT molecular complexity index is 1120. The second kappa shape index (κ2) is 9.97. The fourth-order valence-corrected chi connectivity index (χ4v) is 5.26. The van der Waals surface area contributed by atoms with Crippen LogP contribution in [0.1, 0.15) is 57.7 Å². The summed E-state index contributed by atoms with van der Waals surface area (Å²) in [7, 11) is 0. The summed E-state index contributed by atoms with van der Waals surface area (Å²) in [6.45, 7) is 8.34. The van der Waals surface area contributed by atoms with Crippen molar-refractivity contribution in [2.24, 2.45) is 11.3 Å². The first kappa shape index (κ1) is 25.2. The highest BCUT2D eigenvalue weighted by atomic mass is 32.1. The van der Waals surface area contributed by atoms with Gasteiger partial charge in [-0.25, -0.2) is 4.98 Å². The van der Waals surface area contributed by atoms with Crippen molar-refractivity contribution in [1.29, 1.82) is 0 Å². The summed E-state index contributed by atoms with van der Waals surface area (Å²) in [6, 6.07) is 4.11. The Morgan fingerprint density at radius 1 is 1.20 bits per heavy atom. The number of carbonyl (C=O) groups is 3. The standard InChI is InChI=1S/C26H34N4O4S/c1-15-21(35-14-28-15)17-9-10-18(20(31)12-17)13-27-24(33)19-6-5-11-30(19)25(34)22(26(2,3)4)29-23(32)16-7-8-16/h9-10,12,14,16,19,22,31H,5-8,11,13H2,1-4H3,(H,27,33)(H,29,32). The third-order valence-electron chi connectivity index (χ3n) is 6.73. The number of benzene rings is 1. The summed E-state index contributed by atoms with van der Waals surface area (Å²) in [6.07, 6.45) is 3.03. The topological polar surface area (TPSA) is 112 Å². The zero-order valence-electron chi connectivity index (χ0n) is 20.8. The Morgan fingerprint density at radius 2 is 1.94 bits per heavy atom. The van der Waals surface area contributed by atoms with Crippen LogP contribution in [0.15, 0.2) is 23.7 Å². The SMILES string of the molecule is Cc1ncsc1-c1ccc(CNC(=O)C2CCCN2C(=O)C(NC(=O)C2CC2)C(C)(C)C)c(O)c1. The molecular formula is C26H34N4O4S. The fraction of sp³-hybridized carbons (Fsp3) is 0.538. The number of nitrogens with zero attached hydrogens (tertiary/aromatic N) is 2. The van der Waals surface area contributed by atoms with Crippen LogP contribution in [0.5, 0.6) is 5.75 Å². The quantitative estimate of drug-likeness (QED) is 0.542. The van der Waals surface area contributed by atoms with E-state index in [1.807, 2.05) is 33.8 Å². The Labute approximate surface area is 210 Å². The van der Waals surface area contributed by atoms with E-state index < -0.39 is 17.5 Å². The van der Waals surface area contributed by atoms with Crippen molar-refractivity contribution in [3.05, 3.63) is 35.0 Å². The highest BCUT2D eigenvalue weighted by molar-refractivity contribution is 7.13. The van der Waals surface area contributed by atoms with Crippen molar-refractivity contribution in [3.8, 4) is 16.2 Å². The van der Waals surface area contributed by atoms with Crippen LogP contribution in [0, 0.1) is 18.3 Å². The second-order valence-corrected chi connectivity index (χ2v) is 11.5. The Balaban J connectivity index is 1.41. The molecule has 8 nitrogen and oxygen atoms in total. The largest absolute Gasteiger partial charge is 0.508 e. The molecule has 2 heterocycles. The minimum absolute atomic E-state index is 0.00406. The molecule has 0 radical (unpaired) electrons. The molecule has 35 heavy (non-hydrogen) atoms. The molecule has 1 saturated heterocycles. The number of amides is 3. The number of likely N-dealkylation sites (tertiary alicyclic amines) is 1. The molecule has 1 saturated carbocycles. The maximum atomic E-state index is 13.5. The van der Waals surface area contributed by atoms with Gasteiger partial charge in [-0.05, 0) is 49.7 Å². The van der Waals surface area contributed by atoms with Crippen molar-refractivity contribution in [2.75, 3.05) is 6.54 Å². The predicted molar refractivity (Wildman–Crippen MR) is 135 cm³/mol. The van der Waals surface area contributed by atoms with Crippen molar-refractivity contribution in [1.82, 2.24) is 20.5 Å². The number of thiazole rings is 1. The fourth-order valence-electron chi connectivity index (χ4n) is 4.46. The van der Waals surface area contributed by atoms with Gasteiger partial charge >= 0.3 is 0 Å². The van der Waals surface area contributed by atoms with E-state index in [-0.39, 0.29) is 35.9 Å². The van der Waals surface area contributed by atoms with Gasteiger partial charge in [0.1, 0.15) is 17.8 Å². The Hall–Kier alpha value is -2.94. The van der Waals surface area contributed by atoms with Gasteiger partial charge in [-0.1, -0.05) is 32.9 Å². The first-order valence-corrected chi connectivity index (χ1v) is 13.0. The number of aromatic hydroxyl groups is 1. The molecule has 1 aliphatic heterocycles. The monoisotopic (exact) mass is 498 g/mol. The lowest BCUT2D eigenvalue weighted by molar-refractivity contribution is -0.144. The number of carbonyl (C=O) groups excluding carboxylic acids is 3. The summed E-state index contributed by atoms with van der Waals surface area (Å²) in [5.74, 6) is -0.434. The number of aromatic nitrogens is 1. The minimum atomic E-state index is -0.684. The summed E-state index contributed by atoms with van der Waals surface area (Å²) >= 11 is 1.51. The lowest BCUT2D eigenvalue weighted by atomic mass is 9.85. The van der Waals surface area contributed by atoms with Crippen LogP contribution in [0.3, 0.4) is 0 Å². The van der Waals surface area contributed by atoms with E-state index in [0.717, 1.165) is 35.4 Å². The van der Waals surface area contributed by atoms with Gasteiger partial charge in [0.25, 0.3) is 0 Å². The van der Waals surface area contributed by atoms with Crippen LogP contribution in [0.4, 0.5) is 0 Å². The van der Waals surface area contributed by atoms with Crippen molar-refractivity contribution in [3.63, 3.8) is 0 Å². The van der Waals surface area contributed by atoms with Crippen LogP contribution in [-0.4, -0.2) is 51.3 Å². The molecule has 2 atom stereocenters. The van der Waals surface area contributed by atoms with Gasteiger partial charge in [-0.2, -0.15) is 0 Å². The van der Waals surface area contributed by atoms with Crippen LogP contribution >= 0.6 is 11.3 Å². The number of aryl methyl sites for hydroxylation is 1. The van der Waals surface area contributed by atoms with E-state index in [1.165, 1.54) is 11.3 Å². The van der Waals surface area contributed by atoms with Gasteiger partial charge in [0, 0.05) is 24.6 Å². The molecular weight excluding hydrogens is 464 g/mol. The van der Waals surface area contributed by atoms with Gasteiger partial charge in [-0.15, -0.1) is 11.3 Å². The van der Waals surface area contributed by atoms with Crippen molar-refractivity contribution in [2.45, 2.75) is 72.0 Å². The number of phenolic OH excluding ortho intramolecular Hbond substituents is 1. The molecule has 188 valence electrons. The highest BCUT2D eigenvalue weighted by Crippen LogP contribution is 2.32. The molecule has 0 spiro atoms. The highest BCUT2D eigenvalue weighted by Gasteiger charge is 2.43. The molecule has 2 unspecified atom stereocenters. The number of nitrogens with one attached hydrogen (secondary N) is 2. The van der Waals surface area contributed by atoms with E-state index in [1.54, 1.807) is 22.5 Å². The van der Waals surface area contributed by atoms with Crippen LogP contribution in [0.2, 0.25) is 0 Å². The van der Waals surface area contributed by atoms with Gasteiger partial charge in [0.15, 0.2) is 0 Å². The average molecular weight is 499 g/mol. The smallest absolute Gasteiger partial charge is 0.246 e. The second-order valence-electron chi connectivity index (χ2n) is 10.6. The zero-order valence-corrected chi connectivity index (χ0v) is 21.6.